The van der Waals surface area contributed by atoms with E-state index in [1.54, 1.807) is 0 Å². The quantitative estimate of drug-likeness (QED) is 0.810. The molecule has 0 N–H and O–H groups in total. The zero-order valence-corrected chi connectivity index (χ0v) is 16.3. The lowest BCUT2D eigenvalue weighted by atomic mass is 9.94. The Morgan fingerprint density at radius 3 is 2.78 bits per heavy atom. The second-order valence-corrected chi connectivity index (χ2v) is 8.50. The number of carbonyl (C=O) groups is 1. The van der Waals surface area contributed by atoms with Crippen molar-refractivity contribution in [2.75, 3.05) is 19.6 Å². The molecule has 0 unspecified atom stereocenters. The van der Waals surface area contributed by atoms with Gasteiger partial charge in [-0.15, -0.1) is 0 Å². The Hall–Kier alpha value is -2.14. The first kappa shape index (κ1) is 18.2. The highest BCUT2D eigenvalue weighted by Crippen LogP contribution is 2.30. The summed E-state index contributed by atoms with van der Waals surface area (Å²) in [6.07, 6.45) is 3.21. The lowest BCUT2D eigenvalue weighted by molar-refractivity contribution is 0.0694. The van der Waals surface area contributed by atoms with E-state index in [1.165, 1.54) is 12.0 Å². The van der Waals surface area contributed by atoms with Gasteiger partial charge in [0.15, 0.2) is 0 Å². The molecule has 27 heavy (non-hydrogen) atoms. The van der Waals surface area contributed by atoms with Crippen molar-refractivity contribution in [3.8, 4) is 0 Å². The fourth-order valence-corrected chi connectivity index (χ4v) is 4.44. The molecular formula is C22H29N3O2. The van der Waals surface area contributed by atoms with Crippen LogP contribution in [0.1, 0.15) is 48.5 Å². The Balaban J connectivity index is 1.45. The maximum atomic E-state index is 13.0. The summed E-state index contributed by atoms with van der Waals surface area (Å²) in [7, 11) is 0. The van der Waals surface area contributed by atoms with Crippen LogP contribution >= 0.6 is 0 Å². The van der Waals surface area contributed by atoms with Crippen LogP contribution < -0.4 is 0 Å². The molecule has 0 aliphatic carbocycles. The molecule has 3 saturated heterocycles. The van der Waals surface area contributed by atoms with E-state index in [1.807, 2.05) is 11.0 Å². The highest BCUT2D eigenvalue weighted by molar-refractivity contribution is 5.91. The SMILES string of the molecule is CC(C)Cc1cc(C(=O)N2C[C@@H]3CC[C@H](C2)N(Cc2ccccc2)C3)on1. The Kier molecular flexibility index (Phi) is 5.30. The van der Waals surface area contributed by atoms with E-state index in [0.717, 1.165) is 44.7 Å². The summed E-state index contributed by atoms with van der Waals surface area (Å²) in [6, 6.07) is 12.9. The van der Waals surface area contributed by atoms with Crippen LogP contribution in [0.25, 0.3) is 0 Å². The Bertz CT molecular complexity index is 771. The van der Waals surface area contributed by atoms with Crippen LogP contribution in [-0.4, -0.2) is 46.5 Å². The van der Waals surface area contributed by atoms with E-state index in [4.69, 9.17) is 4.52 Å². The molecule has 0 spiro atoms. The predicted molar refractivity (Wildman–Crippen MR) is 104 cm³/mol. The second kappa shape index (κ2) is 7.85. The standard InChI is InChI=1S/C22H29N3O2/c1-16(2)10-19-11-21(27-23-19)22(26)25-14-18-8-9-20(15-25)24(13-18)12-17-6-4-3-5-7-17/h3-7,11,16,18,20H,8-10,12-15H2,1-2H3/t18-,20-/m1/s1. The van der Waals surface area contributed by atoms with Crippen LogP contribution in [0.3, 0.4) is 0 Å². The van der Waals surface area contributed by atoms with Crippen molar-refractivity contribution < 1.29 is 9.32 Å². The maximum absolute atomic E-state index is 13.0. The van der Waals surface area contributed by atoms with E-state index < -0.39 is 0 Å². The molecule has 1 amide bonds. The van der Waals surface area contributed by atoms with Gasteiger partial charge in [-0.2, -0.15) is 0 Å². The van der Waals surface area contributed by atoms with Gasteiger partial charge in [0.2, 0.25) is 5.76 Å². The number of piperidine rings is 1. The Morgan fingerprint density at radius 2 is 2.00 bits per heavy atom. The predicted octanol–water partition coefficient (Wildman–Crippen LogP) is 3.61. The van der Waals surface area contributed by atoms with Crippen molar-refractivity contribution >= 4 is 5.91 Å². The van der Waals surface area contributed by atoms with E-state index in [9.17, 15) is 4.79 Å². The molecule has 4 heterocycles. The van der Waals surface area contributed by atoms with Crippen LogP contribution in [0.5, 0.6) is 0 Å². The fourth-order valence-electron chi connectivity index (χ4n) is 4.44. The third-order valence-corrected chi connectivity index (χ3v) is 5.73. The average molecular weight is 367 g/mol. The number of rotatable bonds is 5. The normalized spacial score (nSPS) is 23.0. The smallest absolute Gasteiger partial charge is 0.292 e. The maximum Gasteiger partial charge on any atom is 0.292 e. The van der Waals surface area contributed by atoms with Gasteiger partial charge >= 0.3 is 0 Å². The van der Waals surface area contributed by atoms with E-state index in [2.05, 4.69) is 54.2 Å². The summed E-state index contributed by atoms with van der Waals surface area (Å²) >= 11 is 0. The fraction of sp³-hybridized carbons (Fsp3) is 0.545. The van der Waals surface area contributed by atoms with Crippen molar-refractivity contribution in [3.63, 3.8) is 0 Å². The van der Waals surface area contributed by atoms with Gasteiger partial charge in [-0.05, 0) is 36.7 Å². The van der Waals surface area contributed by atoms with Gasteiger partial charge in [-0.3, -0.25) is 9.69 Å². The number of aromatic nitrogens is 1. The van der Waals surface area contributed by atoms with Gasteiger partial charge in [0.05, 0.1) is 5.69 Å². The molecule has 0 radical (unpaired) electrons. The molecule has 3 fully saturated rings. The van der Waals surface area contributed by atoms with Crippen molar-refractivity contribution in [2.45, 2.75) is 45.7 Å². The van der Waals surface area contributed by atoms with Gasteiger partial charge in [0, 0.05) is 38.3 Å². The summed E-state index contributed by atoms with van der Waals surface area (Å²) < 4.78 is 5.38. The van der Waals surface area contributed by atoms with Crippen LogP contribution in [-0.2, 0) is 13.0 Å². The van der Waals surface area contributed by atoms with Crippen LogP contribution in [0.2, 0.25) is 0 Å². The highest BCUT2D eigenvalue weighted by atomic mass is 16.5. The molecule has 144 valence electrons. The summed E-state index contributed by atoms with van der Waals surface area (Å²) in [6.45, 7) is 7.92. The van der Waals surface area contributed by atoms with Crippen LogP contribution in [0, 0.1) is 11.8 Å². The number of amides is 1. The third kappa shape index (κ3) is 4.24. The minimum atomic E-state index is -0.00373. The number of hydrogen-bond acceptors (Lipinski definition) is 4. The van der Waals surface area contributed by atoms with Gasteiger partial charge in [0.1, 0.15) is 0 Å². The molecule has 3 aliphatic rings. The van der Waals surface area contributed by atoms with E-state index in [-0.39, 0.29) is 5.91 Å². The van der Waals surface area contributed by atoms with Crippen molar-refractivity contribution in [1.82, 2.24) is 15.0 Å². The van der Waals surface area contributed by atoms with E-state index >= 15 is 0 Å². The molecule has 2 aromatic rings. The second-order valence-electron chi connectivity index (χ2n) is 8.50. The lowest BCUT2D eigenvalue weighted by Gasteiger charge is -2.36. The van der Waals surface area contributed by atoms with Crippen LogP contribution in [0.4, 0.5) is 0 Å². The van der Waals surface area contributed by atoms with Crippen molar-refractivity contribution in [3.05, 3.63) is 53.4 Å². The molecule has 1 aromatic carbocycles. The van der Waals surface area contributed by atoms with Gasteiger partial charge < -0.3 is 9.42 Å². The number of nitrogens with zero attached hydrogens (tertiary/aromatic N) is 3. The molecule has 1 aromatic heterocycles. The molecule has 5 rings (SSSR count). The van der Waals surface area contributed by atoms with Crippen molar-refractivity contribution in [2.24, 2.45) is 11.8 Å². The summed E-state index contributed by atoms with van der Waals surface area (Å²) in [5.74, 6) is 1.42. The first-order valence-electron chi connectivity index (χ1n) is 10.1. The summed E-state index contributed by atoms with van der Waals surface area (Å²) in [4.78, 5) is 17.6. The zero-order valence-electron chi connectivity index (χ0n) is 16.3. The monoisotopic (exact) mass is 367 g/mol. The molecule has 2 bridgehead atoms. The van der Waals surface area contributed by atoms with Gasteiger partial charge in [-0.1, -0.05) is 49.3 Å². The number of fused-ring (bicyclic) bond motifs is 4. The number of hydrogen-bond donors (Lipinski definition) is 0. The highest BCUT2D eigenvalue weighted by Gasteiger charge is 2.37. The van der Waals surface area contributed by atoms with Crippen molar-refractivity contribution in [1.29, 1.82) is 0 Å². The van der Waals surface area contributed by atoms with E-state index in [0.29, 0.717) is 23.6 Å². The molecule has 0 saturated carbocycles. The van der Waals surface area contributed by atoms with Gasteiger partial charge in [-0.25, -0.2) is 0 Å². The third-order valence-electron chi connectivity index (χ3n) is 5.73. The van der Waals surface area contributed by atoms with Gasteiger partial charge in [0.25, 0.3) is 5.91 Å². The summed E-state index contributed by atoms with van der Waals surface area (Å²) in [5.41, 5.74) is 2.22. The molecule has 2 atom stereocenters. The Morgan fingerprint density at radius 1 is 1.19 bits per heavy atom. The Labute approximate surface area is 161 Å². The average Bonchev–Trinajstić information content (AvgIpc) is 2.92. The topological polar surface area (TPSA) is 49.6 Å². The molecule has 5 heteroatoms. The number of carbonyl (C=O) groups excluding carboxylic acids is 1. The van der Waals surface area contributed by atoms with Crippen LogP contribution in [0.15, 0.2) is 40.9 Å². The lowest BCUT2D eigenvalue weighted by Crippen LogP contribution is -2.43. The minimum absolute atomic E-state index is 0.00373. The zero-order chi connectivity index (χ0) is 18.8. The molecular weight excluding hydrogens is 338 g/mol. The molecule has 3 aliphatic heterocycles. The number of benzene rings is 1. The first-order valence-corrected chi connectivity index (χ1v) is 10.1. The largest absolute Gasteiger partial charge is 0.351 e. The summed E-state index contributed by atoms with van der Waals surface area (Å²) in [5, 5.41) is 4.09. The first-order chi connectivity index (χ1) is 13.1. The molecule has 5 nitrogen and oxygen atoms in total. The minimum Gasteiger partial charge on any atom is -0.351 e.